The Kier molecular flexibility index (Phi) is 4.15. The Morgan fingerprint density at radius 1 is 1.71 bits per heavy atom. The zero-order valence-corrected chi connectivity index (χ0v) is 10.8. The number of hydrogen-bond acceptors (Lipinski definition) is 4. The van der Waals surface area contributed by atoms with Crippen LogP contribution < -0.4 is 5.73 Å². The first-order valence-electron chi connectivity index (χ1n) is 5.80. The van der Waals surface area contributed by atoms with Crippen LogP contribution >= 0.6 is 11.3 Å². The van der Waals surface area contributed by atoms with E-state index in [4.69, 9.17) is 10.5 Å². The lowest BCUT2D eigenvalue weighted by Crippen LogP contribution is -2.44. The molecule has 1 aliphatic carbocycles. The minimum atomic E-state index is -0.505. The molecule has 17 heavy (non-hydrogen) atoms. The second-order valence-corrected chi connectivity index (χ2v) is 5.07. The Bertz CT molecular complexity index is 359. The van der Waals surface area contributed by atoms with Crippen molar-refractivity contribution in [2.75, 3.05) is 13.7 Å². The number of nitrogens with two attached hydrogens (primary N) is 1. The van der Waals surface area contributed by atoms with Crippen molar-refractivity contribution in [3.05, 3.63) is 22.4 Å². The molecular formula is C12H18N2O2S. The van der Waals surface area contributed by atoms with Crippen LogP contribution in [0.5, 0.6) is 0 Å². The van der Waals surface area contributed by atoms with Crippen molar-refractivity contribution < 1.29 is 9.53 Å². The summed E-state index contributed by atoms with van der Waals surface area (Å²) >= 11 is 1.65. The van der Waals surface area contributed by atoms with Crippen molar-refractivity contribution in [1.82, 2.24) is 4.90 Å². The molecular weight excluding hydrogens is 236 g/mol. The predicted octanol–water partition coefficient (Wildman–Crippen LogP) is 1.21. The van der Waals surface area contributed by atoms with Crippen LogP contribution in [0, 0.1) is 0 Å². The third-order valence-corrected chi connectivity index (χ3v) is 3.71. The summed E-state index contributed by atoms with van der Waals surface area (Å²) in [7, 11) is 1.53. The van der Waals surface area contributed by atoms with Gasteiger partial charge in [0.05, 0.1) is 0 Å². The molecule has 0 aliphatic heterocycles. The number of hydrogen-bond donors (Lipinski definition) is 1. The monoisotopic (exact) mass is 254 g/mol. The smallest absolute Gasteiger partial charge is 0.253 e. The van der Waals surface area contributed by atoms with Gasteiger partial charge in [0.1, 0.15) is 6.10 Å². The van der Waals surface area contributed by atoms with E-state index in [0.29, 0.717) is 12.6 Å². The molecule has 0 spiro atoms. The highest BCUT2D eigenvalue weighted by Crippen LogP contribution is 2.29. The number of amides is 1. The molecule has 1 unspecified atom stereocenters. The lowest BCUT2D eigenvalue weighted by atomic mass is 10.2. The van der Waals surface area contributed by atoms with Gasteiger partial charge in [-0.05, 0) is 35.2 Å². The second-order valence-electron chi connectivity index (χ2n) is 4.29. The van der Waals surface area contributed by atoms with Crippen molar-refractivity contribution in [1.29, 1.82) is 0 Å². The third kappa shape index (κ3) is 3.06. The fraction of sp³-hybridized carbons (Fsp3) is 0.583. The standard InChI is InChI=1S/C12H18N2O2S/c1-16-11(6-13)12(15)14(10-2-3-10)7-9-4-5-17-8-9/h4-5,8,10-11H,2-3,6-7,13H2,1H3. The minimum absolute atomic E-state index is 0.0173. The van der Waals surface area contributed by atoms with Crippen LogP contribution in [0.25, 0.3) is 0 Å². The van der Waals surface area contributed by atoms with Crippen LogP contribution in [0.3, 0.4) is 0 Å². The second kappa shape index (κ2) is 5.62. The molecule has 0 bridgehead atoms. The Hall–Kier alpha value is -0.910. The highest BCUT2D eigenvalue weighted by molar-refractivity contribution is 7.07. The average Bonchev–Trinajstić information content (AvgIpc) is 3.05. The van der Waals surface area contributed by atoms with Crippen LogP contribution in [0.1, 0.15) is 18.4 Å². The van der Waals surface area contributed by atoms with E-state index in [2.05, 4.69) is 11.4 Å². The Balaban J connectivity index is 2.04. The summed E-state index contributed by atoms with van der Waals surface area (Å²) in [6, 6.07) is 2.43. The van der Waals surface area contributed by atoms with E-state index in [1.54, 1.807) is 11.3 Å². The van der Waals surface area contributed by atoms with Gasteiger partial charge in [0.2, 0.25) is 0 Å². The van der Waals surface area contributed by atoms with Gasteiger partial charge >= 0.3 is 0 Å². The van der Waals surface area contributed by atoms with Crippen molar-refractivity contribution in [2.24, 2.45) is 5.73 Å². The number of ether oxygens (including phenoxy) is 1. The summed E-state index contributed by atoms with van der Waals surface area (Å²) in [6.07, 6.45) is 1.68. The molecule has 1 fully saturated rings. The Morgan fingerprint density at radius 2 is 2.47 bits per heavy atom. The van der Waals surface area contributed by atoms with Gasteiger partial charge in [0.15, 0.2) is 0 Å². The molecule has 1 aromatic rings. The first-order chi connectivity index (χ1) is 8.26. The van der Waals surface area contributed by atoms with Crippen LogP contribution in [0.4, 0.5) is 0 Å². The Morgan fingerprint density at radius 3 is 2.94 bits per heavy atom. The topological polar surface area (TPSA) is 55.6 Å². The first-order valence-corrected chi connectivity index (χ1v) is 6.75. The van der Waals surface area contributed by atoms with Crippen molar-refractivity contribution in [3.63, 3.8) is 0 Å². The highest BCUT2D eigenvalue weighted by atomic mass is 32.1. The molecule has 5 heteroatoms. The van der Waals surface area contributed by atoms with Crippen LogP contribution in [-0.2, 0) is 16.1 Å². The molecule has 1 saturated carbocycles. The number of thiophene rings is 1. The summed E-state index contributed by atoms with van der Waals surface area (Å²) in [5, 5.41) is 4.11. The molecule has 2 rings (SSSR count). The van der Waals surface area contributed by atoms with E-state index in [0.717, 1.165) is 12.8 Å². The lowest BCUT2D eigenvalue weighted by molar-refractivity contribution is -0.142. The fourth-order valence-corrected chi connectivity index (χ4v) is 2.50. The number of carbonyl (C=O) groups is 1. The third-order valence-electron chi connectivity index (χ3n) is 2.98. The molecule has 1 aromatic heterocycles. The number of methoxy groups -OCH3 is 1. The molecule has 0 radical (unpaired) electrons. The van der Waals surface area contributed by atoms with Gasteiger partial charge in [-0.1, -0.05) is 0 Å². The van der Waals surface area contributed by atoms with Crippen molar-refractivity contribution in [2.45, 2.75) is 31.5 Å². The Labute approximate surface area is 105 Å². The molecule has 0 saturated heterocycles. The summed E-state index contributed by atoms with van der Waals surface area (Å²) in [5.41, 5.74) is 6.73. The molecule has 1 aliphatic rings. The number of rotatable bonds is 6. The average molecular weight is 254 g/mol. The van der Waals surface area contributed by atoms with Gasteiger partial charge in [-0.25, -0.2) is 0 Å². The largest absolute Gasteiger partial charge is 0.370 e. The van der Waals surface area contributed by atoms with E-state index < -0.39 is 6.10 Å². The highest BCUT2D eigenvalue weighted by Gasteiger charge is 2.35. The van der Waals surface area contributed by atoms with Gasteiger partial charge in [0, 0.05) is 26.2 Å². The summed E-state index contributed by atoms with van der Waals surface area (Å²) in [5.74, 6) is 0.0173. The lowest BCUT2D eigenvalue weighted by Gasteiger charge is -2.25. The van der Waals surface area contributed by atoms with Gasteiger partial charge in [-0.3, -0.25) is 4.79 Å². The maximum absolute atomic E-state index is 12.2. The van der Waals surface area contributed by atoms with Gasteiger partial charge in [-0.2, -0.15) is 11.3 Å². The van der Waals surface area contributed by atoms with E-state index >= 15 is 0 Å². The zero-order valence-electron chi connectivity index (χ0n) is 9.96. The molecule has 4 nitrogen and oxygen atoms in total. The summed E-state index contributed by atoms with van der Waals surface area (Å²) in [6.45, 7) is 0.912. The quantitative estimate of drug-likeness (QED) is 0.830. The van der Waals surface area contributed by atoms with Gasteiger partial charge < -0.3 is 15.4 Å². The van der Waals surface area contributed by atoms with E-state index in [1.807, 2.05) is 10.3 Å². The SMILES string of the molecule is COC(CN)C(=O)N(Cc1ccsc1)C1CC1. The van der Waals surface area contributed by atoms with Crippen molar-refractivity contribution in [3.8, 4) is 0 Å². The van der Waals surface area contributed by atoms with Crippen LogP contribution in [0.2, 0.25) is 0 Å². The van der Waals surface area contributed by atoms with E-state index in [1.165, 1.54) is 12.7 Å². The predicted molar refractivity (Wildman–Crippen MR) is 67.7 cm³/mol. The maximum Gasteiger partial charge on any atom is 0.253 e. The first kappa shape index (κ1) is 12.5. The maximum atomic E-state index is 12.2. The summed E-state index contributed by atoms with van der Waals surface area (Å²) in [4.78, 5) is 14.1. The molecule has 94 valence electrons. The number of carbonyl (C=O) groups excluding carboxylic acids is 1. The zero-order chi connectivity index (χ0) is 12.3. The fourth-order valence-electron chi connectivity index (χ4n) is 1.84. The van der Waals surface area contributed by atoms with E-state index in [-0.39, 0.29) is 12.5 Å². The van der Waals surface area contributed by atoms with Gasteiger partial charge in [-0.15, -0.1) is 0 Å². The summed E-state index contributed by atoms with van der Waals surface area (Å²) < 4.78 is 5.13. The molecule has 1 atom stereocenters. The normalized spacial score (nSPS) is 16.8. The molecule has 0 aromatic carbocycles. The van der Waals surface area contributed by atoms with Crippen molar-refractivity contribution >= 4 is 17.2 Å². The molecule has 1 heterocycles. The van der Waals surface area contributed by atoms with Crippen LogP contribution in [0.15, 0.2) is 16.8 Å². The van der Waals surface area contributed by atoms with E-state index in [9.17, 15) is 4.79 Å². The van der Waals surface area contributed by atoms with Crippen LogP contribution in [-0.4, -0.2) is 36.6 Å². The number of nitrogens with zero attached hydrogens (tertiary/aromatic N) is 1. The molecule has 2 N–H and O–H groups in total. The minimum Gasteiger partial charge on any atom is -0.370 e. The molecule has 1 amide bonds. The van der Waals surface area contributed by atoms with Gasteiger partial charge in [0.25, 0.3) is 5.91 Å².